The minimum atomic E-state index is -0.207. The van der Waals surface area contributed by atoms with Crippen LogP contribution in [0.4, 0.5) is 10.1 Å². The average molecular weight is 123 g/mol. The molecule has 1 N–H and O–H groups in total. The summed E-state index contributed by atoms with van der Waals surface area (Å²) in [4.78, 5) is 0. The standard InChI is InChI=1S/C6H7BFN/c7-9-6-3-1-2-5(8)4-6/h1-4,9H,7H2. The molecule has 0 saturated heterocycles. The molecule has 46 valence electrons. The third kappa shape index (κ3) is 1.45. The van der Waals surface area contributed by atoms with Crippen molar-refractivity contribution >= 4 is 13.7 Å². The molecule has 0 unspecified atom stereocenters. The second-order valence-corrected chi connectivity index (χ2v) is 1.76. The third-order valence-electron chi connectivity index (χ3n) is 1.11. The predicted octanol–water partition coefficient (Wildman–Crippen LogP) is 0.786. The van der Waals surface area contributed by atoms with Gasteiger partial charge in [0.05, 0.1) is 0 Å². The predicted molar refractivity (Wildman–Crippen MR) is 38.6 cm³/mol. The summed E-state index contributed by atoms with van der Waals surface area (Å²) in [5, 5.41) is 2.83. The van der Waals surface area contributed by atoms with Crippen LogP contribution in [-0.2, 0) is 0 Å². The fourth-order valence-corrected chi connectivity index (χ4v) is 0.644. The zero-order valence-electron chi connectivity index (χ0n) is 5.19. The zero-order valence-corrected chi connectivity index (χ0v) is 5.19. The van der Waals surface area contributed by atoms with E-state index in [4.69, 9.17) is 0 Å². The molecule has 0 saturated carbocycles. The van der Waals surface area contributed by atoms with Gasteiger partial charge >= 0.3 is 0 Å². The maximum Gasteiger partial charge on any atom is 0.213 e. The topological polar surface area (TPSA) is 12.0 Å². The molecule has 0 amide bonds. The van der Waals surface area contributed by atoms with E-state index >= 15 is 0 Å². The van der Waals surface area contributed by atoms with Crippen molar-refractivity contribution < 1.29 is 4.39 Å². The van der Waals surface area contributed by atoms with E-state index in [1.165, 1.54) is 12.1 Å². The molecule has 0 bridgehead atoms. The highest BCUT2D eigenvalue weighted by Gasteiger charge is 1.88. The molecule has 1 nitrogen and oxygen atoms in total. The van der Waals surface area contributed by atoms with E-state index in [0.717, 1.165) is 5.69 Å². The highest BCUT2D eigenvalue weighted by atomic mass is 19.1. The van der Waals surface area contributed by atoms with Crippen LogP contribution in [0.1, 0.15) is 0 Å². The van der Waals surface area contributed by atoms with Crippen molar-refractivity contribution in [3.05, 3.63) is 30.1 Å². The van der Waals surface area contributed by atoms with Gasteiger partial charge in [0, 0.05) is 5.69 Å². The summed E-state index contributed by atoms with van der Waals surface area (Å²) < 4.78 is 12.3. The highest BCUT2D eigenvalue weighted by Crippen LogP contribution is 2.06. The molecule has 0 radical (unpaired) electrons. The van der Waals surface area contributed by atoms with E-state index in [-0.39, 0.29) is 5.82 Å². The van der Waals surface area contributed by atoms with Gasteiger partial charge in [0.15, 0.2) is 0 Å². The minimum Gasteiger partial charge on any atom is -0.434 e. The molecule has 0 aliphatic rings. The smallest absolute Gasteiger partial charge is 0.213 e. The number of anilines is 1. The Kier molecular flexibility index (Phi) is 1.73. The summed E-state index contributed by atoms with van der Waals surface area (Å²) in [5.74, 6) is -0.207. The third-order valence-corrected chi connectivity index (χ3v) is 1.11. The number of benzene rings is 1. The number of halogens is 1. The maximum atomic E-state index is 12.3. The van der Waals surface area contributed by atoms with Crippen LogP contribution in [-0.4, -0.2) is 7.98 Å². The van der Waals surface area contributed by atoms with Crippen molar-refractivity contribution in [1.29, 1.82) is 0 Å². The molecule has 1 aromatic rings. The number of hydrogen-bond acceptors (Lipinski definition) is 1. The summed E-state index contributed by atoms with van der Waals surface area (Å²) in [7, 11) is 1.76. The number of rotatable bonds is 1. The van der Waals surface area contributed by atoms with Gasteiger partial charge in [0.2, 0.25) is 7.98 Å². The van der Waals surface area contributed by atoms with Crippen molar-refractivity contribution in [3.8, 4) is 0 Å². The molecular weight excluding hydrogens is 116 g/mol. The first kappa shape index (κ1) is 6.14. The Bertz CT molecular complexity index is 202. The Morgan fingerprint density at radius 3 is 2.67 bits per heavy atom. The van der Waals surface area contributed by atoms with E-state index in [9.17, 15) is 4.39 Å². The number of nitrogens with one attached hydrogen (secondary N) is 1. The average Bonchev–Trinajstić information content (AvgIpc) is 1.88. The van der Waals surface area contributed by atoms with Gasteiger partial charge in [-0.2, -0.15) is 0 Å². The quantitative estimate of drug-likeness (QED) is 0.544. The lowest BCUT2D eigenvalue weighted by Crippen LogP contribution is -1.89. The first-order valence-electron chi connectivity index (χ1n) is 2.76. The lowest BCUT2D eigenvalue weighted by Gasteiger charge is -1.96. The largest absolute Gasteiger partial charge is 0.434 e. The summed E-state index contributed by atoms with van der Waals surface area (Å²) >= 11 is 0. The van der Waals surface area contributed by atoms with Crippen LogP contribution < -0.4 is 5.23 Å². The van der Waals surface area contributed by atoms with Crippen LogP contribution in [0.25, 0.3) is 0 Å². The molecule has 0 spiro atoms. The summed E-state index contributed by atoms with van der Waals surface area (Å²) in [5.41, 5.74) is 0.801. The van der Waals surface area contributed by atoms with E-state index in [1.54, 1.807) is 14.0 Å². The molecule has 3 heteroatoms. The summed E-state index contributed by atoms with van der Waals surface area (Å²) in [6.45, 7) is 0. The fraction of sp³-hybridized carbons (Fsp3) is 0. The highest BCUT2D eigenvalue weighted by molar-refractivity contribution is 6.15. The molecule has 0 aliphatic heterocycles. The Morgan fingerprint density at radius 2 is 2.22 bits per heavy atom. The van der Waals surface area contributed by atoms with Gasteiger partial charge in [-0.05, 0) is 18.2 Å². The Balaban J connectivity index is 2.94. The van der Waals surface area contributed by atoms with Crippen LogP contribution in [0.3, 0.4) is 0 Å². The fourth-order valence-electron chi connectivity index (χ4n) is 0.644. The molecule has 0 atom stereocenters. The first-order chi connectivity index (χ1) is 4.33. The van der Waals surface area contributed by atoms with Crippen molar-refractivity contribution in [2.45, 2.75) is 0 Å². The first-order valence-corrected chi connectivity index (χ1v) is 2.76. The SMILES string of the molecule is BNc1cccc(F)c1. The van der Waals surface area contributed by atoms with E-state index in [2.05, 4.69) is 5.23 Å². The van der Waals surface area contributed by atoms with Crippen LogP contribution in [0.2, 0.25) is 0 Å². The van der Waals surface area contributed by atoms with Crippen molar-refractivity contribution in [3.63, 3.8) is 0 Å². The molecule has 0 aromatic heterocycles. The molecule has 0 aliphatic carbocycles. The molecule has 0 fully saturated rings. The van der Waals surface area contributed by atoms with E-state index in [0.29, 0.717) is 0 Å². The van der Waals surface area contributed by atoms with Gasteiger partial charge in [-0.25, -0.2) is 4.39 Å². The lowest BCUT2D eigenvalue weighted by atomic mass is 10.2. The van der Waals surface area contributed by atoms with E-state index < -0.39 is 0 Å². The Hall–Kier alpha value is -0.985. The normalized spacial score (nSPS) is 9.00. The van der Waals surface area contributed by atoms with Gasteiger partial charge in [-0.15, -0.1) is 0 Å². The molecule has 1 rings (SSSR count). The summed E-state index contributed by atoms with van der Waals surface area (Å²) in [6.07, 6.45) is 0. The monoisotopic (exact) mass is 123 g/mol. The van der Waals surface area contributed by atoms with Gasteiger partial charge in [-0.1, -0.05) is 6.07 Å². The second kappa shape index (κ2) is 2.53. The molecule has 9 heavy (non-hydrogen) atoms. The lowest BCUT2D eigenvalue weighted by molar-refractivity contribution is 0.628. The van der Waals surface area contributed by atoms with Crippen LogP contribution in [0, 0.1) is 5.82 Å². The molecule has 0 heterocycles. The Labute approximate surface area is 54.3 Å². The van der Waals surface area contributed by atoms with Crippen molar-refractivity contribution in [2.75, 3.05) is 5.23 Å². The van der Waals surface area contributed by atoms with Crippen LogP contribution in [0.15, 0.2) is 24.3 Å². The van der Waals surface area contributed by atoms with Crippen molar-refractivity contribution in [2.24, 2.45) is 0 Å². The minimum absolute atomic E-state index is 0.207. The van der Waals surface area contributed by atoms with Gasteiger partial charge in [0.1, 0.15) is 5.82 Å². The van der Waals surface area contributed by atoms with Crippen LogP contribution >= 0.6 is 0 Å². The van der Waals surface area contributed by atoms with Crippen LogP contribution in [0.5, 0.6) is 0 Å². The summed E-state index contributed by atoms with van der Waals surface area (Å²) in [6, 6.07) is 6.34. The van der Waals surface area contributed by atoms with E-state index in [1.807, 2.05) is 6.07 Å². The number of hydrogen-bond donors (Lipinski definition) is 1. The second-order valence-electron chi connectivity index (χ2n) is 1.76. The molecule has 1 aromatic carbocycles. The van der Waals surface area contributed by atoms with Crippen molar-refractivity contribution in [1.82, 2.24) is 0 Å². The Morgan fingerprint density at radius 1 is 1.44 bits per heavy atom. The zero-order chi connectivity index (χ0) is 6.69. The maximum absolute atomic E-state index is 12.3. The molecular formula is C6H7BFN. The van der Waals surface area contributed by atoms with Gasteiger partial charge in [0.25, 0.3) is 0 Å². The van der Waals surface area contributed by atoms with Gasteiger partial charge < -0.3 is 5.23 Å². The van der Waals surface area contributed by atoms with Gasteiger partial charge in [-0.3, -0.25) is 0 Å².